The Hall–Kier alpha value is -6.18. The lowest BCUT2D eigenvalue weighted by Crippen LogP contribution is -2.34. The third-order valence-corrected chi connectivity index (χ3v) is 10.9. The van der Waals surface area contributed by atoms with Crippen molar-refractivity contribution < 1.29 is 0 Å². The van der Waals surface area contributed by atoms with Gasteiger partial charge in [0.05, 0.1) is 6.04 Å². The van der Waals surface area contributed by atoms with Gasteiger partial charge in [-0.25, -0.2) is 0 Å². The Labute approximate surface area is 307 Å². The quantitative estimate of drug-likeness (QED) is 0.164. The van der Waals surface area contributed by atoms with Gasteiger partial charge in [0.2, 0.25) is 0 Å². The standard InChI is InChI=1S/C51H41N/c1-36-15-12-21-40-29-30-41(34-49(36)40)42-31-32-48(39-18-6-3-7-19-39)51(35-42)52(50-28-11-10-26-47(50)38-16-4-2-5-17-38)44-24-13-23-43(33-44)46-27-14-22-37-20-8-9-25-45(37)46/h2-14,16-34,36,51H,15,35H2,1H3. The van der Waals surface area contributed by atoms with Crippen LogP contribution >= 0.6 is 0 Å². The average molecular weight is 668 g/mol. The Balaban J connectivity index is 1.25. The summed E-state index contributed by atoms with van der Waals surface area (Å²) in [5.41, 5.74) is 15.3. The molecule has 0 saturated carbocycles. The van der Waals surface area contributed by atoms with Crippen LogP contribution in [0.4, 0.5) is 11.4 Å². The van der Waals surface area contributed by atoms with Crippen molar-refractivity contribution in [1.82, 2.24) is 0 Å². The van der Waals surface area contributed by atoms with Gasteiger partial charge < -0.3 is 4.90 Å². The number of nitrogens with zero attached hydrogens (tertiary/aromatic N) is 1. The number of benzene rings is 7. The van der Waals surface area contributed by atoms with Crippen LogP contribution in [0.1, 0.15) is 47.9 Å². The Bertz CT molecular complexity index is 2480. The lowest BCUT2D eigenvalue weighted by Gasteiger charge is -2.39. The zero-order valence-corrected chi connectivity index (χ0v) is 29.5. The van der Waals surface area contributed by atoms with Gasteiger partial charge in [-0.05, 0) is 97.8 Å². The molecule has 7 aromatic rings. The highest BCUT2D eigenvalue weighted by atomic mass is 15.2. The van der Waals surface area contributed by atoms with Crippen molar-refractivity contribution in [3.8, 4) is 22.3 Å². The molecular formula is C51H41N. The molecule has 2 aliphatic carbocycles. The lowest BCUT2D eigenvalue weighted by molar-refractivity contribution is 0.770. The molecular weight excluding hydrogens is 627 g/mol. The zero-order chi connectivity index (χ0) is 34.9. The van der Waals surface area contributed by atoms with E-state index in [4.69, 9.17) is 0 Å². The van der Waals surface area contributed by atoms with Gasteiger partial charge >= 0.3 is 0 Å². The molecule has 0 N–H and O–H groups in total. The van der Waals surface area contributed by atoms with Crippen molar-refractivity contribution in [3.63, 3.8) is 0 Å². The van der Waals surface area contributed by atoms with Gasteiger partial charge in [-0.1, -0.05) is 183 Å². The Morgan fingerprint density at radius 2 is 1.23 bits per heavy atom. The molecule has 0 heterocycles. The van der Waals surface area contributed by atoms with Crippen molar-refractivity contribution in [3.05, 3.63) is 210 Å². The Kier molecular flexibility index (Phi) is 8.47. The maximum atomic E-state index is 2.62. The van der Waals surface area contributed by atoms with Gasteiger partial charge in [0.25, 0.3) is 0 Å². The van der Waals surface area contributed by atoms with Crippen LogP contribution in [0.25, 0.3) is 50.2 Å². The molecule has 2 aliphatic rings. The van der Waals surface area contributed by atoms with Gasteiger partial charge in [0.15, 0.2) is 0 Å². The van der Waals surface area contributed by atoms with Crippen molar-refractivity contribution >= 4 is 39.4 Å². The summed E-state index contributed by atoms with van der Waals surface area (Å²) in [7, 11) is 0. The number of rotatable bonds is 7. The van der Waals surface area contributed by atoms with E-state index in [0.717, 1.165) is 12.8 Å². The van der Waals surface area contributed by atoms with E-state index in [1.54, 1.807) is 0 Å². The number of anilines is 2. The molecule has 0 bridgehead atoms. The molecule has 250 valence electrons. The molecule has 0 amide bonds. The molecule has 2 atom stereocenters. The van der Waals surface area contributed by atoms with Crippen molar-refractivity contribution in [2.45, 2.75) is 31.7 Å². The largest absolute Gasteiger partial charge is 0.333 e. The van der Waals surface area contributed by atoms with E-state index in [1.807, 2.05) is 0 Å². The molecule has 0 aromatic heterocycles. The highest BCUT2D eigenvalue weighted by Gasteiger charge is 2.31. The summed E-state index contributed by atoms with van der Waals surface area (Å²) in [5.74, 6) is 0.515. The summed E-state index contributed by atoms with van der Waals surface area (Å²) in [4.78, 5) is 2.62. The van der Waals surface area contributed by atoms with E-state index in [9.17, 15) is 0 Å². The summed E-state index contributed by atoms with van der Waals surface area (Å²) < 4.78 is 0. The number of para-hydroxylation sites is 1. The van der Waals surface area contributed by atoms with E-state index in [-0.39, 0.29) is 6.04 Å². The first-order valence-electron chi connectivity index (χ1n) is 18.5. The first-order valence-corrected chi connectivity index (χ1v) is 18.5. The normalized spacial score (nSPS) is 16.6. The van der Waals surface area contributed by atoms with E-state index in [1.165, 1.54) is 77.8 Å². The van der Waals surface area contributed by atoms with Crippen molar-refractivity contribution in [2.24, 2.45) is 0 Å². The van der Waals surface area contributed by atoms with E-state index < -0.39 is 0 Å². The average Bonchev–Trinajstić information content (AvgIpc) is 3.22. The van der Waals surface area contributed by atoms with Gasteiger partial charge in [0, 0.05) is 16.9 Å². The highest BCUT2D eigenvalue weighted by molar-refractivity contribution is 5.98. The minimum atomic E-state index is 0.0309. The monoisotopic (exact) mass is 667 g/mol. The summed E-state index contributed by atoms with van der Waals surface area (Å²) in [6.45, 7) is 2.35. The minimum Gasteiger partial charge on any atom is -0.333 e. The fraction of sp³-hybridized carbons (Fsp3) is 0.0980. The molecule has 9 rings (SSSR count). The molecule has 0 saturated heterocycles. The van der Waals surface area contributed by atoms with Crippen LogP contribution in [0.15, 0.2) is 188 Å². The topological polar surface area (TPSA) is 3.24 Å². The third-order valence-electron chi connectivity index (χ3n) is 10.9. The van der Waals surface area contributed by atoms with Gasteiger partial charge in [-0.15, -0.1) is 0 Å². The second-order valence-electron chi connectivity index (χ2n) is 14.1. The van der Waals surface area contributed by atoms with Crippen LogP contribution in [-0.2, 0) is 0 Å². The molecule has 7 aromatic carbocycles. The second-order valence-corrected chi connectivity index (χ2v) is 14.1. The Morgan fingerprint density at radius 3 is 2.10 bits per heavy atom. The third kappa shape index (κ3) is 5.99. The van der Waals surface area contributed by atoms with Gasteiger partial charge in [0.1, 0.15) is 0 Å². The number of hydrogen-bond acceptors (Lipinski definition) is 1. The number of fused-ring (bicyclic) bond motifs is 2. The molecule has 0 spiro atoms. The van der Waals surface area contributed by atoms with E-state index >= 15 is 0 Å². The molecule has 1 nitrogen and oxygen atoms in total. The van der Waals surface area contributed by atoms with Crippen LogP contribution in [-0.4, -0.2) is 6.04 Å². The molecule has 2 unspecified atom stereocenters. The predicted molar refractivity (Wildman–Crippen MR) is 223 cm³/mol. The minimum absolute atomic E-state index is 0.0309. The van der Waals surface area contributed by atoms with Crippen molar-refractivity contribution in [2.75, 3.05) is 4.90 Å². The molecule has 0 radical (unpaired) electrons. The molecule has 0 fully saturated rings. The summed E-state index contributed by atoms with van der Waals surface area (Å²) in [5, 5.41) is 2.52. The fourth-order valence-corrected chi connectivity index (χ4v) is 8.26. The summed E-state index contributed by atoms with van der Waals surface area (Å²) >= 11 is 0. The van der Waals surface area contributed by atoms with Crippen molar-refractivity contribution in [1.29, 1.82) is 0 Å². The first kappa shape index (κ1) is 31.8. The lowest BCUT2D eigenvalue weighted by atomic mass is 9.81. The SMILES string of the molecule is CC1CC=Cc2ccc(C3=CC=C(c4ccccc4)C(N(c4cccc(-c5cccc6ccccc56)c4)c4ccccc4-c4ccccc4)C3)cc21. The molecule has 0 aliphatic heterocycles. The fourth-order valence-electron chi connectivity index (χ4n) is 8.26. The van der Waals surface area contributed by atoms with Crippen LogP contribution in [0, 0.1) is 0 Å². The van der Waals surface area contributed by atoms with Gasteiger partial charge in [-0.3, -0.25) is 0 Å². The Morgan fingerprint density at radius 1 is 0.538 bits per heavy atom. The zero-order valence-electron chi connectivity index (χ0n) is 29.5. The van der Waals surface area contributed by atoms with E-state index in [2.05, 4.69) is 206 Å². The predicted octanol–water partition coefficient (Wildman–Crippen LogP) is 13.8. The maximum absolute atomic E-state index is 2.62. The molecule has 1 heteroatoms. The van der Waals surface area contributed by atoms with Crippen LogP contribution < -0.4 is 4.90 Å². The number of allylic oxidation sites excluding steroid dienone is 3. The molecule has 52 heavy (non-hydrogen) atoms. The van der Waals surface area contributed by atoms with Crippen LogP contribution in [0.5, 0.6) is 0 Å². The maximum Gasteiger partial charge on any atom is 0.0638 e. The highest BCUT2D eigenvalue weighted by Crippen LogP contribution is 2.45. The first-order chi connectivity index (χ1) is 25.7. The summed E-state index contributed by atoms with van der Waals surface area (Å²) in [6, 6.07) is 62.4. The summed E-state index contributed by atoms with van der Waals surface area (Å²) in [6.07, 6.45) is 11.3. The van der Waals surface area contributed by atoms with Gasteiger partial charge in [-0.2, -0.15) is 0 Å². The van der Waals surface area contributed by atoms with Crippen LogP contribution in [0.3, 0.4) is 0 Å². The number of hydrogen-bond donors (Lipinski definition) is 0. The smallest absolute Gasteiger partial charge is 0.0638 e. The van der Waals surface area contributed by atoms with Crippen LogP contribution in [0.2, 0.25) is 0 Å². The second kappa shape index (κ2) is 13.9. The van der Waals surface area contributed by atoms with E-state index in [0.29, 0.717) is 5.92 Å².